The summed E-state index contributed by atoms with van der Waals surface area (Å²) in [5, 5.41) is 7.55. The summed E-state index contributed by atoms with van der Waals surface area (Å²) in [5.74, 6) is 0.471. The molecule has 1 aromatic carbocycles. The minimum atomic E-state index is -0.0653. The van der Waals surface area contributed by atoms with Crippen LogP contribution >= 0.6 is 0 Å². The van der Waals surface area contributed by atoms with Crippen molar-refractivity contribution in [2.75, 3.05) is 26.2 Å². The Kier molecular flexibility index (Phi) is 5.78. The van der Waals surface area contributed by atoms with Crippen LogP contribution < -0.4 is 5.32 Å². The molecule has 150 valence electrons. The van der Waals surface area contributed by atoms with Crippen molar-refractivity contribution in [2.45, 2.75) is 39.3 Å². The lowest BCUT2D eigenvalue weighted by Gasteiger charge is -2.32. The van der Waals surface area contributed by atoms with Crippen LogP contribution in [0, 0.1) is 12.8 Å². The topological polar surface area (TPSA) is 59.4 Å². The van der Waals surface area contributed by atoms with E-state index in [1.807, 2.05) is 11.7 Å². The molecule has 4 rings (SSSR count). The third kappa shape index (κ3) is 4.28. The first-order valence-corrected chi connectivity index (χ1v) is 10.3. The number of hydrogen-bond acceptors (Lipinski definition) is 4. The van der Waals surface area contributed by atoms with Gasteiger partial charge in [0, 0.05) is 37.8 Å². The molecule has 1 aromatic heterocycles. The lowest BCUT2D eigenvalue weighted by molar-refractivity contribution is 0.0908. The molecule has 0 spiro atoms. The average molecular weight is 383 g/mol. The molecule has 28 heavy (non-hydrogen) atoms. The first kappa shape index (κ1) is 19.2. The van der Waals surface area contributed by atoms with Crippen molar-refractivity contribution in [2.24, 2.45) is 13.0 Å². The van der Waals surface area contributed by atoms with E-state index in [1.165, 1.54) is 11.1 Å². The van der Waals surface area contributed by atoms with Gasteiger partial charge in [-0.15, -0.1) is 0 Å². The minimum Gasteiger partial charge on any atom is -0.376 e. The fourth-order valence-electron chi connectivity index (χ4n) is 4.21. The summed E-state index contributed by atoms with van der Waals surface area (Å²) in [6, 6.07) is 8.80. The molecule has 6 heteroatoms. The summed E-state index contributed by atoms with van der Waals surface area (Å²) in [7, 11) is 1.91. The average Bonchev–Trinajstić information content (AvgIpc) is 3.06. The Labute approximate surface area is 166 Å². The Hall–Kier alpha value is -2.18. The van der Waals surface area contributed by atoms with E-state index >= 15 is 0 Å². The molecule has 2 aromatic rings. The number of benzene rings is 1. The van der Waals surface area contributed by atoms with Crippen LogP contribution in [0.15, 0.2) is 24.3 Å². The molecule has 0 bridgehead atoms. The van der Waals surface area contributed by atoms with Crippen molar-refractivity contribution >= 4 is 5.91 Å². The monoisotopic (exact) mass is 382 g/mol. The summed E-state index contributed by atoms with van der Waals surface area (Å²) >= 11 is 0. The van der Waals surface area contributed by atoms with Gasteiger partial charge in [-0.1, -0.05) is 29.8 Å². The highest BCUT2D eigenvalue weighted by atomic mass is 16.5. The quantitative estimate of drug-likeness (QED) is 0.863. The SMILES string of the molecule is Cc1ccc(CN2CCC(CNC(=O)c3nn(C)c4c3COCC4)CC2)cc1. The number of rotatable bonds is 5. The lowest BCUT2D eigenvalue weighted by Crippen LogP contribution is -2.38. The van der Waals surface area contributed by atoms with Crippen molar-refractivity contribution in [3.05, 3.63) is 52.3 Å². The maximum atomic E-state index is 12.7. The Balaban J connectivity index is 1.25. The smallest absolute Gasteiger partial charge is 0.272 e. The number of amides is 1. The second kappa shape index (κ2) is 8.45. The molecule has 1 amide bonds. The number of nitrogens with zero attached hydrogens (tertiary/aromatic N) is 3. The van der Waals surface area contributed by atoms with Crippen LogP contribution in [0.1, 0.15) is 45.7 Å². The van der Waals surface area contributed by atoms with E-state index < -0.39 is 0 Å². The van der Waals surface area contributed by atoms with E-state index in [4.69, 9.17) is 4.74 Å². The van der Waals surface area contributed by atoms with E-state index in [2.05, 4.69) is 46.5 Å². The number of nitrogens with one attached hydrogen (secondary N) is 1. The zero-order valence-corrected chi connectivity index (χ0v) is 16.9. The van der Waals surface area contributed by atoms with Gasteiger partial charge in [-0.2, -0.15) is 5.10 Å². The van der Waals surface area contributed by atoms with E-state index in [0.717, 1.165) is 56.7 Å². The third-order valence-electron chi connectivity index (χ3n) is 6.00. The summed E-state index contributed by atoms with van der Waals surface area (Å²) in [6.45, 7) is 7.22. The molecule has 0 unspecified atom stereocenters. The Morgan fingerprint density at radius 1 is 1.25 bits per heavy atom. The number of fused-ring (bicyclic) bond motifs is 1. The summed E-state index contributed by atoms with van der Waals surface area (Å²) < 4.78 is 7.35. The van der Waals surface area contributed by atoms with Gasteiger partial charge in [0.05, 0.1) is 13.2 Å². The van der Waals surface area contributed by atoms with Crippen molar-refractivity contribution in [1.29, 1.82) is 0 Å². The summed E-state index contributed by atoms with van der Waals surface area (Å²) in [5.41, 5.74) is 5.30. The molecule has 1 saturated heterocycles. The maximum absolute atomic E-state index is 12.7. The van der Waals surface area contributed by atoms with E-state index in [0.29, 0.717) is 24.8 Å². The van der Waals surface area contributed by atoms with Gasteiger partial charge in [-0.3, -0.25) is 14.4 Å². The van der Waals surface area contributed by atoms with Crippen LogP contribution in [0.2, 0.25) is 0 Å². The number of aryl methyl sites for hydroxylation is 2. The lowest BCUT2D eigenvalue weighted by atomic mass is 9.96. The van der Waals surface area contributed by atoms with Gasteiger partial charge in [0.1, 0.15) is 0 Å². The van der Waals surface area contributed by atoms with Crippen molar-refractivity contribution in [3.63, 3.8) is 0 Å². The minimum absolute atomic E-state index is 0.0653. The van der Waals surface area contributed by atoms with E-state index in [9.17, 15) is 4.79 Å². The number of carbonyl (C=O) groups is 1. The van der Waals surface area contributed by atoms with Crippen LogP contribution in [-0.2, 0) is 31.4 Å². The van der Waals surface area contributed by atoms with Crippen molar-refractivity contribution in [3.8, 4) is 0 Å². The van der Waals surface area contributed by atoms with Gasteiger partial charge in [0.25, 0.3) is 5.91 Å². The molecule has 2 aliphatic rings. The van der Waals surface area contributed by atoms with Crippen LogP contribution in [0.4, 0.5) is 0 Å². The Morgan fingerprint density at radius 2 is 2.00 bits per heavy atom. The molecule has 3 heterocycles. The van der Waals surface area contributed by atoms with E-state index in [1.54, 1.807) is 0 Å². The number of hydrogen-bond donors (Lipinski definition) is 1. The Bertz CT molecular complexity index is 820. The number of ether oxygens (including phenoxy) is 1. The molecule has 0 aliphatic carbocycles. The van der Waals surface area contributed by atoms with Crippen LogP contribution in [0.25, 0.3) is 0 Å². The van der Waals surface area contributed by atoms with E-state index in [-0.39, 0.29) is 5.91 Å². The largest absolute Gasteiger partial charge is 0.376 e. The molecular weight excluding hydrogens is 352 g/mol. The number of piperidine rings is 1. The standard InChI is InChI=1S/C22H30N4O2/c1-16-3-5-18(6-4-16)14-26-10-7-17(8-11-26)13-23-22(27)21-19-15-28-12-9-20(19)25(2)24-21/h3-6,17H,7-15H2,1-2H3,(H,23,27). The van der Waals surface area contributed by atoms with Gasteiger partial charge in [-0.25, -0.2) is 0 Å². The fourth-order valence-corrected chi connectivity index (χ4v) is 4.21. The number of likely N-dealkylation sites (tertiary alicyclic amines) is 1. The van der Waals surface area contributed by atoms with Crippen LogP contribution in [0.3, 0.4) is 0 Å². The molecule has 0 saturated carbocycles. The molecule has 0 radical (unpaired) electrons. The van der Waals surface area contributed by atoms with Gasteiger partial charge >= 0.3 is 0 Å². The highest BCUT2D eigenvalue weighted by Crippen LogP contribution is 2.21. The molecule has 2 aliphatic heterocycles. The van der Waals surface area contributed by atoms with Crippen LogP contribution in [0.5, 0.6) is 0 Å². The molecule has 1 N–H and O–H groups in total. The molecule has 0 atom stereocenters. The molecule has 1 fully saturated rings. The van der Waals surface area contributed by atoms with Crippen molar-refractivity contribution < 1.29 is 9.53 Å². The maximum Gasteiger partial charge on any atom is 0.272 e. The highest BCUT2D eigenvalue weighted by Gasteiger charge is 2.25. The summed E-state index contributed by atoms with van der Waals surface area (Å²) in [4.78, 5) is 15.2. The molecule has 6 nitrogen and oxygen atoms in total. The zero-order chi connectivity index (χ0) is 19.5. The fraction of sp³-hybridized carbons (Fsp3) is 0.545. The van der Waals surface area contributed by atoms with Crippen LogP contribution in [-0.4, -0.2) is 46.8 Å². The van der Waals surface area contributed by atoms with Gasteiger partial charge in [0.2, 0.25) is 0 Å². The van der Waals surface area contributed by atoms with Gasteiger partial charge in [0.15, 0.2) is 5.69 Å². The summed E-state index contributed by atoms with van der Waals surface area (Å²) in [6.07, 6.45) is 3.07. The van der Waals surface area contributed by atoms with Gasteiger partial charge < -0.3 is 10.1 Å². The normalized spacial score (nSPS) is 18.1. The van der Waals surface area contributed by atoms with Gasteiger partial charge in [-0.05, 0) is 44.3 Å². The Morgan fingerprint density at radius 3 is 2.75 bits per heavy atom. The number of aromatic nitrogens is 2. The second-order valence-corrected chi connectivity index (χ2v) is 8.12. The first-order valence-electron chi connectivity index (χ1n) is 10.3. The predicted octanol–water partition coefficient (Wildman–Crippen LogP) is 2.44. The zero-order valence-electron chi connectivity index (χ0n) is 16.9. The second-order valence-electron chi connectivity index (χ2n) is 8.12. The number of carbonyl (C=O) groups excluding carboxylic acids is 1. The molecular formula is C22H30N4O2. The predicted molar refractivity (Wildman–Crippen MR) is 108 cm³/mol. The highest BCUT2D eigenvalue weighted by molar-refractivity contribution is 5.94. The third-order valence-corrected chi connectivity index (χ3v) is 6.00. The van der Waals surface area contributed by atoms with Crippen molar-refractivity contribution in [1.82, 2.24) is 20.0 Å². The first-order chi connectivity index (χ1) is 13.6.